The summed E-state index contributed by atoms with van der Waals surface area (Å²) < 4.78 is 6.22. The Bertz CT molecular complexity index is 904. The van der Waals surface area contributed by atoms with Gasteiger partial charge in [0.1, 0.15) is 12.4 Å². The predicted octanol–water partition coefficient (Wildman–Crippen LogP) is 5.16. The molecule has 0 saturated carbocycles. The molecule has 3 aromatic carbocycles. The van der Waals surface area contributed by atoms with Crippen molar-refractivity contribution in [1.82, 2.24) is 10.6 Å². The van der Waals surface area contributed by atoms with E-state index in [1.807, 2.05) is 24.3 Å². The minimum absolute atomic E-state index is 0.538. The molecule has 0 atom stereocenters. The van der Waals surface area contributed by atoms with Crippen molar-refractivity contribution >= 4 is 22.4 Å². The first-order chi connectivity index (χ1) is 13.8. The third kappa shape index (κ3) is 4.85. The number of fused-ring (bicyclic) bond motifs is 1. The van der Waals surface area contributed by atoms with Crippen LogP contribution in [0.3, 0.4) is 0 Å². The fourth-order valence-corrected chi connectivity index (χ4v) is 3.99. The van der Waals surface area contributed by atoms with Crippen molar-refractivity contribution in [2.24, 2.45) is 5.92 Å². The van der Waals surface area contributed by atoms with E-state index in [4.69, 9.17) is 16.3 Å². The highest BCUT2D eigenvalue weighted by molar-refractivity contribution is 6.30. The summed E-state index contributed by atoms with van der Waals surface area (Å²) in [5.41, 5.74) is 2.35. The van der Waals surface area contributed by atoms with Gasteiger partial charge < -0.3 is 15.4 Å². The van der Waals surface area contributed by atoms with Gasteiger partial charge in [-0.05, 0) is 72.9 Å². The monoisotopic (exact) mass is 394 g/mol. The highest BCUT2D eigenvalue weighted by atomic mass is 35.5. The molecule has 1 fully saturated rings. The van der Waals surface area contributed by atoms with Crippen molar-refractivity contribution < 1.29 is 4.74 Å². The number of piperidine rings is 1. The molecule has 146 valence electrons. The molecule has 0 amide bonds. The van der Waals surface area contributed by atoms with Crippen molar-refractivity contribution in [2.45, 2.75) is 26.0 Å². The second-order valence-electron chi connectivity index (χ2n) is 7.50. The lowest BCUT2D eigenvalue weighted by Gasteiger charge is -2.23. The Morgan fingerprint density at radius 3 is 2.57 bits per heavy atom. The van der Waals surface area contributed by atoms with Crippen molar-refractivity contribution in [3.05, 3.63) is 76.8 Å². The summed E-state index contributed by atoms with van der Waals surface area (Å²) in [7, 11) is 0. The molecule has 2 N–H and O–H groups in total. The quantitative estimate of drug-likeness (QED) is 0.580. The molecule has 0 aromatic heterocycles. The zero-order chi connectivity index (χ0) is 19.2. The molecule has 3 aromatic rings. The first-order valence-corrected chi connectivity index (χ1v) is 10.5. The van der Waals surface area contributed by atoms with Gasteiger partial charge in [-0.2, -0.15) is 0 Å². The lowest BCUT2D eigenvalue weighted by atomic mass is 9.98. The first kappa shape index (κ1) is 19.3. The third-order valence-electron chi connectivity index (χ3n) is 5.50. The van der Waals surface area contributed by atoms with Gasteiger partial charge in [0.2, 0.25) is 0 Å². The largest absolute Gasteiger partial charge is 0.489 e. The van der Waals surface area contributed by atoms with Crippen LogP contribution in [0.4, 0.5) is 0 Å². The molecule has 1 saturated heterocycles. The lowest BCUT2D eigenvalue weighted by molar-refractivity contribution is 0.301. The smallest absolute Gasteiger partial charge is 0.124 e. The number of benzene rings is 3. The molecule has 0 bridgehead atoms. The van der Waals surface area contributed by atoms with E-state index in [1.54, 1.807) is 0 Å². The van der Waals surface area contributed by atoms with Crippen LogP contribution in [-0.4, -0.2) is 19.6 Å². The van der Waals surface area contributed by atoms with Crippen LogP contribution in [0.1, 0.15) is 24.0 Å². The number of halogens is 1. The third-order valence-corrected chi connectivity index (χ3v) is 5.75. The first-order valence-electron chi connectivity index (χ1n) is 10.1. The summed E-state index contributed by atoms with van der Waals surface area (Å²) in [4.78, 5) is 0. The van der Waals surface area contributed by atoms with Crippen molar-refractivity contribution in [1.29, 1.82) is 0 Å². The van der Waals surface area contributed by atoms with Crippen LogP contribution in [0, 0.1) is 5.92 Å². The van der Waals surface area contributed by atoms with Gasteiger partial charge in [-0.1, -0.05) is 54.1 Å². The van der Waals surface area contributed by atoms with Crippen molar-refractivity contribution in [2.75, 3.05) is 19.6 Å². The number of ether oxygens (including phenoxy) is 1. The molecule has 28 heavy (non-hydrogen) atoms. The van der Waals surface area contributed by atoms with Crippen LogP contribution in [0.15, 0.2) is 60.7 Å². The molecule has 4 heteroatoms. The van der Waals surface area contributed by atoms with Crippen LogP contribution in [0.5, 0.6) is 5.75 Å². The minimum atomic E-state index is 0.538. The summed E-state index contributed by atoms with van der Waals surface area (Å²) >= 11 is 5.99. The summed E-state index contributed by atoms with van der Waals surface area (Å²) in [5, 5.41) is 10.4. The van der Waals surface area contributed by atoms with Crippen molar-refractivity contribution in [3.8, 4) is 5.75 Å². The average Bonchev–Trinajstić information content (AvgIpc) is 2.75. The van der Waals surface area contributed by atoms with Gasteiger partial charge in [0.05, 0.1) is 0 Å². The van der Waals surface area contributed by atoms with E-state index < -0.39 is 0 Å². The maximum Gasteiger partial charge on any atom is 0.124 e. The van der Waals surface area contributed by atoms with Gasteiger partial charge in [-0.15, -0.1) is 0 Å². The molecule has 1 aliphatic rings. The number of nitrogens with one attached hydrogen (secondary N) is 2. The molecular weight excluding hydrogens is 368 g/mol. The second-order valence-corrected chi connectivity index (χ2v) is 7.94. The van der Waals surface area contributed by atoms with Crippen LogP contribution < -0.4 is 15.4 Å². The number of hydrogen-bond acceptors (Lipinski definition) is 3. The fourth-order valence-electron chi connectivity index (χ4n) is 3.86. The normalized spacial score (nSPS) is 15.0. The Kier molecular flexibility index (Phi) is 6.48. The van der Waals surface area contributed by atoms with Crippen LogP contribution in [-0.2, 0) is 13.2 Å². The Morgan fingerprint density at radius 2 is 1.75 bits per heavy atom. The van der Waals surface area contributed by atoms with Gasteiger partial charge in [0, 0.05) is 17.1 Å². The fraction of sp³-hybridized carbons (Fsp3) is 0.333. The molecule has 0 radical (unpaired) electrons. The predicted molar refractivity (Wildman–Crippen MR) is 117 cm³/mol. The zero-order valence-corrected chi connectivity index (χ0v) is 16.8. The number of hydrogen-bond donors (Lipinski definition) is 2. The lowest BCUT2D eigenvalue weighted by Crippen LogP contribution is -2.33. The highest BCUT2D eigenvalue weighted by Crippen LogP contribution is 2.29. The van der Waals surface area contributed by atoms with Gasteiger partial charge in [-0.25, -0.2) is 0 Å². The van der Waals surface area contributed by atoms with E-state index in [2.05, 4.69) is 47.0 Å². The summed E-state index contributed by atoms with van der Waals surface area (Å²) in [5.74, 6) is 1.71. The molecule has 0 unspecified atom stereocenters. The second kappa shape index (κ2) is 9.42. The summed E-state index contributed by atoms with van der Waals surface area (Å²) in [6, 6.07) is 20.6. The van der Waals surface area contributed by atoms with E-state index in [-0.39, 0.29) is 0 Å². The van der Waals surface area contributed by atoms with E-state index >= 15 is 0 Å². The Hall–Kier alpha value is -2.07. The van der Waals surface area contributed by atoms with Crippen LogP contribution in [0.2, 0.25) is 5.02 Å². The zero-order valence-electron chi connectivity index (χ0n) is 16.1. The van der Waals surface area contributed by atoms with E-state index in [0.717, 1.165) is 48.4 Å². The van der Waals surface area contributed by atoms with Gasteiger partial charge in [0.15, 0.2) is 0 Å². The maximum atomic E-state index is 6.22. The van der Waals surface area contributed by atoms with Gasteiger partial charge in [-0.3, -0.25) is 0 Å². The summed E-state index contributed by atoms with van der Waals surface area (Å²) in [6.45, 7) is 4.69. The Labute approximate surface area is 172 Å². The van der Waals surface area contributed by atoms with Crippen LogP contribution in [0.25, 0.3) is 10.8 Å². The standard InChI is InChI=1S/C24H27ClN2O/c25-21-8-5-19(6-9-21)17-28-24-10-7-20-3-1-2-4-22(20)23(24)16-27-15-18-11-13-26-14-12-18/h1-10,18,26-27H,11-17H2. The maximum absolute atomic E-state index is 6.22. The topological polar surface area (TPSA) is 33.3 Å². The molecule has 0 aliphatic carbocycles. The van der Waals surface area contributed by atoms with E-state index in [0.29, 0.717) is 6.61 Å². The van der Waals surface area contributed by atoms with Crippen molar-refractivity contribution in [3.63, 3.8) is 0 Å². The molecule has 0 spiro atoms. The van der Waals surface area contributed by atoms with E-state index in [9.17, 15) is 0 Å². The average molecular weight is 395 g/mol. The Balaban J connectivity index is 1.49. The summed E-state index contributed by atoms with van der Waals surface area (Å²) in [6.07, 6.45) is 2.50. The number of rotatable bonds is 7. The minimum Gasteiger partial charge on any atom is -0.489 e. The van der Waals surface area contributed by atoms with E-state index in [1.165, 1.54) is 29.2 Å². The molecule has 1 heterocycles. The highest BCUT2D eigenvalue weighted by Gasteiger charge is 2.14. The Morgan fingerprint density at radius 1 is 0.964 bits per heavy atom. The molecular formula is C24H27ClN2O. The molecule has 4 rings (SSSR count). The van der Waals surface area contributed by atoms with Gasteiger partial charge >= 0.3 is 0 Å². The van der Waals surface area contributed by atoms with Gasteiger partial charge in [0.25, 0.3) is 0 Å². The SMILES string of the molecule is Clc1ccc(COc2ccc3ccccc3c2CNCC2CCNCC2)cc1. The van der Waals surface area contributed by atoms with Crippen LogP contribution >= 0.6 is 11.6 Å². The molecule has 1 aliphatic heterocycles. The molecule has 3 nitrogen and oxygen atoms in total.